The fraction of sp³-hybridized carbons (Fsp3) is 0.391. The number of rotatable bonds is 4. The van der Waals surface area contributed by atoms with Crippen molar-refractivity contribution in [2.75, 3.05) is 6.61 Å². The lowest BCUT2D eigenvalue weighted by Crippen LogP contribution is -2.49. The van der Waals surface area contributed by atoms with Crippen LogP contribution in [0.1, 0.15) is 38.8 Å². The van der Waals surface area contributed by atoms with Gasteiger partial charge in [0.1, 0.15) is 12.7 Å². The highest BCUT2D eigenvalue weighted by Crippen LogP contribution is 2.63. The van der Waals surface area contributed by atoms with Crippen LogP contribution in [-0.4, -0.2) is 17.4 Å². The number of hydrogen-bond donors (Lipinski definition) is 0. The largest absolute Gasteiger partial charge is 0.611 e. The Morgan fingerprint density at radius 2 is 1.71 bits per heavy atom. The molecular formula is C23H28NO3P. The molecular weight excluding hydrogens is 369 g/mol. The number of benzene rings is 2. The third-order valence-corrected chi connectivity index (χ3v) is 6.58. The number of hydrogen-bond acceptors (Lipinski definition) is 4. The Labute approximate surface area is 169 Å². The van der Waals surface area contributed by atoms with Crippen LogP contribution >= 0.6 is 8.09 Å². The van der Waals surface area contributed by atoms with E-state index in [9.17, 15) is 4.89 Å². The van der Waals surface area contributed by atoms with Crippen LogP contribution < -0.4 is 4.89 Å². The average molecular weight is 397 g/mol. The molecule has 0 radical (unpaired) electrons. The SMILES string of the molecule is CC(C)[C@@H]1O[P+]([O-])(N(C#Cc2ccccc2)Cc2ccccc2)OCC1(C)C. The summed E-state index contributed by atoms with van der Waals surface area (Å²) in [5, 5.41) is 0. The van der Waals surface area contributed by atoms with Crippen LogP contribution in [0.4, 0.5) is 0 Å². The summed E-state index contributed by atoms with van der Waals surface area (Å²) in [6, 6.07) is 22.5. The first kappa shape index (κ1) is 20.8. The predicted molar refractivity (Wildman–Crippen MR) is 112 cm³/mol. The van der Waals surface area contributed by atoms with Gasteiger partial charge in [-0.15, -0.1) is 0 Å². The topological polar surface area (TPSA) is 44.8 Å². The summed E-state index contributed by atoms with van der Waals surface area (Å²) < 4.78 is 13.5. The van der Waals surface area contributed by atoms with Crippen LogP contribution in [0.15, 0.2) is 60.7 Å². The molecule has 5 heteroatoms. The monoisotopic (exact) mass is 397 g/mol. The van der Waals surface area contributed by atoms with Crippen molar-refractivity contribution in [1.82, 2.24) is 4.67 Å². The van der Waals surface area contributed by atoms with Crippen molar-refractivity contribution in [3.63, 3.8) is 0 Å². The highest BCUT2D eigenvalue weighted by atomic mass is 31.2. The summed E-state index contributed by atoms with van der Waals surface area (Å²) in [6.07, 6.45) is -0.177. The fourth-order valence-corrected chi connectivity index (χ4v) is 5.53. The lowest BCUT2D eigenvalue weighted by atomic mass is 9.81. The van der Waals surface area contributed by atoms with E-state index in [1.807, 2.05) is 60.7 Å². The van der Waals surface area contributed by atoms with E-state index < -0.39 is 8.09 Å². The molecule has 1 heterocycles. The zero-order valence-corrected chi connectivity index (χ0v) is 17.9. The summed E-state index contributed by atoms with van der Waals surface area (Å²) in [4.78, 5) is 13.7. The van der Waals surface area contributed by atoms with Crippen molar-refractivity contribution >= 4 is 8.09 Å². The molecule has 1 fully saturated rings. The number of nitrogens with zero attached hydrogens (tertiary/aromatic N) is 1. The summed E-state index contributed by atoms with van der Waals surface area (Å²) >= 11 is 0. The van der Waals surface area contributed by atoms with Crippen molar-refractivity contribution in [2.45, 2.75) is 40.3 Å². The van der Waals surface area contributed by atoms with E-state index in [2.05, 4.69) is 39.7 Å². The Morgan fingerprint density at radius 3 is 2.32 bits per heavy atom. The van der Waals surface area contributed by atoms with E-state index in [0.717, 1.165) is 11.1 Å². The van der Waals surface area contributed by atoms with Gasteiger partial charge in [-0.1, -0.05) is 76.2 Å². The van der Waals surface area contributed by atoms with E-state index in [0.29, 0.717) is 13.2 Å². The maximum Gasteiger partial charge on any atom is 0.346 e. The summed E-state index contributed by atoms with van der Waals surface area (Å²) in [5.41, 5.74) is 1.64. The fourth-order valence-electron chi connectivity index (χ4n) is 3.39. The second-order valence-electron chi connectivity index (χ2n) is 8.15. The molecule has 148 valence electrons. The Morgan fingerprint density at radius 1 is 1.11 bits per heavy atom. The first-order valence-corrected chi connectivity index (χ1v) is 11.1. The minimum Gasteiger partial charge on any atom is -0.611 e. The van der Waals surface area contributed by atoms with Gasteiger partial charge >= 0.3 is 8.09 Å². The molecule has 0 spiro atoms. The molecule has 1 aliphatic heterocycles. The Kier molecular flexibility index (Phi) is 6.43. The molecule has 2 aromatic rings. The molecule has 2 aromatic carbocycles. The minimum atomic E-state index is -3.56. The van der Waals surface area contributed by atoms with Crippen LogP contribution in [-0.2, 0) is 15.6 Å². The van der Waals surface area contributed by atoms with E-state index in [4.69, 9.17) is 9.05 Å². The van der Waals surface area contributed by atoms with Crippen molar-refractivity contribution in [3.05, 3.63) is 71.8 Å². The Hall–Kier alpha value is -1.89. The summed E-state index contributed by atoms with van der Waals surface area (Å²) in [5.74, 6) is 3.31. The molecule has 28 heavy (non-hydrogen) atoms. The average Bonchev–Trinajstić information content (AvgIpc) is 2.68. The molecule has 0 N–H and O–H groups in total. The lowest BCUT2D eigenvalue weighted by molar-refractivity contribution is -0.259. The van der Waals surface area contributed by atoms with E-state index >= 15 is 0 Å². The Bertz CT molecular complexity index is 829. The second-order valence-corrected chi connectivity index (χ2v) is 10.0. The standard InChI is InChI=1S/C23H28NO3P/c1-19(2)22-23(3,4)18-26-28(25,27-22)24(17-21-13-9-6-10-14-21)16-15-20-11-7-5-8-12-20/h5-14,19,22H,17-18H2,1-4H3/t22-,28?/m0/s1. The smallest absolute Gasteiger partial charge is 0.346 e. The van der Waals surface area contributed by atoms with Gasteiger partial charge in [-0.3, -0.25) is 0 Å². The highest BCUT2D eigenvalue weighted by Gasteiger charge is 2.52. The van der Waals surface area contributed by atoms with E-state index in [-0.39, 0.29) is 17.4 Å². The van der Waals surface area contributed by atoms with Crippen LogP contribution in [0, 0.1) is 23.3 Å². The zero-order chi connectivity index (χ0) is 20.2. The Balaban J connectivity index is 1.92. The summed E-state index contributed by atoms with van der Waals surface area (Å²) in [7, 11) is -3.56. The third kappa shape index (κ3) is 4.93. The van der Waals surface area contributed by atoms with Crippen molar-refractivity contribution in [3.8, 4) is 12.0 Å². The van der Waals surface area contributed by atoms with Gasteiger partial charge in [-0.25, -0.2) is 0 Å². The van der Waals surface area contributed by atoms with E-state index in [1.54, 1.807) is 4.67 Å². The van der Waals surface area contributed by atoms with Gasteiger partial charge in [-0.05, 0) is 29.5 Å². The van der Waals surface area contributed by atoms with E-state index in [1.165, 1.54) is 0 Å². The van der Waals surface area contributed by atoms with Gasteiger partial charge in [0.25, 0.3) is 0 Å². The molecule has 4 nitrogen and oxygen atoms in total. The van der Waals surface area contributed by atoms with Crippen molar-refractivity contribution in [1.29, 1.82) is 0 Å². The lowest BCUT2D eigenvalue weighted by Gasteiger charge is -2.46. The maximum atomic E-state index is 13.7. The molecule has 0 bridgehead atoms. The first-order chi connectivity index (χ1) is 13.3. The van der Waals surface area contributed by atoms with Crippen LogP contribution in [0.3, 0.4) is 0 Å². The quantitative estimate of drug-likeness (QED) is 0.429. The molecule has 1 saturated heterocycles. The molecule has 3 rings (SSSR count). The molecule has 1 aliphatic rings. The molecule has 2 atom stereocenters. The van der Waals surface area contributed by atoms with Crippen LogP contribution in [0.2, 0.25) is 0 Å². The first-order valence-electron chi connectivity index (χ1n) is 9.62. The minimum absolute atomic E-state index is 0.177. The molecule has 1 unspecified atom stereocenters. The van der Waals surface area contributed by atoms with Gasteiger partial charge in [0.2, 0.25) is 0 Å². The van der Waals surface area contributed by atoms with Crippen LogP contribution in [0.25, 0.3) is 0 Å². The van der Waals surface area contributed by atoms with Gasteiger partial charge < -0.3 is 4.89 Å². The zero-order valence-electron chi connectivity index (χ0n) is 17.0. The van der Waals surface area contributed by atoms with Crippen molar-refractivity contribution < 1.29 is 13.9 Å². The summed E-state index contributed by atoms with van der Waals surface area (Å²) in [6.45, 7) is 9.06. The highest BCUT2D eigenvalue weighted by molar-refractivity contribution is 7.56. The normalized spacial score (nSPS) is 23.7. The molecule has 0 amide bonds. The van der Waals surface area contributed by atoms with Gasteiger partial charge in [0.15, 0.2) is 0 Å². The van der Waals surface area contributed by atoms with Gasteiger partial charge in [0.05, 0.1) is 12.6 Å². The van der Waals surface area contributed by atoms with Gasteiger partial charge in [-0.2, -0.15) is 13.7 Å². The molecule has 0 aromatic heterocycles. The second kappa shape index (κ2) is 8.64. The predicted octanol–water partition coefficient (Wildman–Crippen LogP) is 4.63. The van der Waals surface area contributed by atoms with Crippen molar-refractivity contribution in [2.24, 2.45) is 11.3 Å². The maximum absolute atomic E-state index is 13.7. The van der Waals surface area contributed by atoms with Crippen LogP contribution in [0.5, 0.6) is 0 Å². The molecule has 0 aliphatic carbocycles. The third-order valence-electron chi connectivity index (χ3n) is 4.80. The molecule has 0 saturated carbocycles. The van der Waals surface area contributed by atoms with Gasteiger partial charge in [0, 0.05) is 11.0 Å².